The number of hydrogen-bond donors (Lipinski definition) is 0. The van der Waals surface area contributed by atoms with E-state index in [0.717, 1.165) is 39.2 Å². The second kappa shape index (κ2) is 11.9. The maximum absolute atomic E-state index is 15.3. The average molecular weight is 531 g/mol. The number of allylic oxidation sites excluding steroid dienone is 8. The van der Waals surface area contributed by atoms with E-state index < -0.39 is 12.0 Å². The Kier molecular flexibility index (Phi) is 8.83. The number of ether oxygens (including phenoxy) is 1. The lowest BCUT2D eigenvalue weighted by atomic mass is 9.81. The molecule has 0 aromatic rings. The van der Waals surface area contributed by atoms with Crippen LogP contribution in [0.4, 0.5) is 13.2 Å². The van der Waals surface area contributed by atoms with Gasteiger partial charge in [0.25, 0.3) is 0 Å². The minimum Gasteiger partial charge on any atom is -0.493 e. The standard InChI is InChI=1S/C30H37F3N2O3/c1-6-37-38-26-7-8-28(27(31)15-26)35-17-25(14-23-9-11-30(32,33)12-10-23)19(2)13-24(16-34-35)29-21(4)20(3)18-36-22(29)5/h7-8,13,16-17,23,26H,2,6,9-12,14-15,18H2,1,3-5H3/b24-13+,25-17-,34-16-. The number of rotatable bonds is 7. The third kappa shape index (κ3) is 6.59. The third-order valence-electron chi connectivity index (χ3n) is 7.53. The Morgan fingerprint density at radius 1 is 1.21 bits per heavy atom. The minimum atomic E-state index is -2.60. The number of nitrogens with zero attached hydrogens (tertiary/aromatic N) is 2. The predicted molar refractivity (Wildman–Crippen MR) is 143 cm³/mol. The van der Waals surface area contributed by atoms with Gasteiger partial charge in [-0.2, -0.15) is 5.10 Å². The van der Waals surface area contributed by atoms with Crippen LogP contribution in [0.5, 0.6) is 0 Å². The molecule has 0 saturated heterocycles. The molecule has 1 saturated carbocycles. The van der Waals surface area contributed by atoms with E-state index in [1.165, 1.54) is 5.01 Å². The van der Waals surface area contributed by atoms with Gasteiger partial charge < -0.3 is 4.74 Å². The normalized spacial score (nSPS) is 28.4. The predicted octanol–water partition coefficient (Wildman–Crippen LogP) is 7.99. The van der Waals surface area contributed by atoms with Crippen molar-refractivity contribution in [1.29, 1.82) is 0 Å². The molecule has 1 unspecified atom stereocenters. The van der Waals surface area contributed by atoms with Crippen LogP contribution in [0, 0.1) is 5.92 Å². The van der Waals surface area contributed by atoms with E-state index in [-0.39, 0.29) is 36.7 Å². The van der Waals surface area contributed by atoms with Crippen molar-refractivity contribution in [3.63, 3.8) is 0 Å². The zero-order valence-electron chi connectivity index (χ0n) is 22.7. The van der Waals surface area contributed by atoms with Crippen LogP contribution >= 0.6 is 0 Å². The molecule has 0 radical (unpaired) electrons. The Labute approximate surface area is 223 Å². The summed E-state index contributed by atoms with van der Waals surface area (Å²) in [5.41, 5.74) is 5.81. The molecule has 206 valence electrons. The molecular formula is C30H37F3N2O3. The number of hydrogen-bond acceptors (Lipinski definition) is 5. The van der Waals surface area contributed by atoms with Gasteiger partial charge in [0.2, 0.25) is 5.92 Å². The van der Waals surface area contributed by atoms with Crippen LogP contribution in [-0.4, -0.2) is 36.5 Å². The molecule has 4 rings (SSSR count). The molecule has 38 heavy (non-hydrogen) atoms. The van der Waals surface area contributed by atoms with Crippen molar-refractivity contribution in [3.8, 4) is 0 Å². The summed E-state index contributed by atoms with van der Waals surface area (Å²) < 4.78 is 48.8. The van der Waals surface area contributed by atoms with Crippen LogP contribution in [0.3, 0.4) is 0 Å². The molecule has 1 fully saturated rings. The monoisotopic (exact) mass is 530 g/mol. The van der Waals surface area contributed by atoms with Crippen molar-refractivity contribution in [1.82, 2.24) is 5.01 Å². The van der Waals surface area contributed by atoms with E-state index in [2.05, 4.69) is 11.7 Å². The quantitative estimate of drug-likeness (QED) is 0.247. The fraction of sp³-hybridized carbons (Fsp3) is 0.500. The van der Waals surface area contributed by atoms with Crippen molar-refractivity contribution in [2.24, 2.45) is 11.0 Å². The Hall–Kier alpha value is -2.84. The van der Waals surface area contributed by atoms with E-state index in [4.69, 9.17) is 14.5 Å². The van der Waals surface area contributed by atoms with Gasteiger partial charge in [-0.3, -0.25) is 0 Å². The van der Waals surface area contributed by atoms with Gasteiger partial charge in [0.15, 0.2) is 0 Å². The largest absolute Gasteiger partial charge is 0.493 e. The summed E-state index contributed by atoms with van der Waals surface area (Å²) in [6.07, 6.45) is 9.48. The lowest BCUT2D eigenvalue weighted by Gasteiger charge is -2.30. The van der Waals surface area contributed by atoms with Crippen LogP contribution in [0.2, 0.25) is 0 Å². The molecule has 0 aromatic carbocycles. The van der Waals surface area contributed by atoms with Crippen LogP contribution in [-0.2, 0) is 14.5 Å². The smallest absolute Gasteiger partial charge is 0.248 e. The molecule has 0 amide bonds. The minimum absolute atomic E-state index is 0.0154. The topological polar surface area (TPSA) is 43.3 Å². The Morgan fingerprint density at radius 2 is 1.95 bits per heavy atom. The van der Waals surface area contributed by atoms with Crippen LogP contribution in [0.1, 0.15) is 66.2 Å². The fourth-order valence-corrected chi connectivity index (χ4v) is 5.13. The maximum Gasteiger partial charge on any atom is 0.248 e. The molecule has 2 heterocycles. The molecule has 5 nitrogen and oxygen atoms in total. The summed E-state index contributed by atoms with van der Waals surface area (Å²) in [5, 5.41) is 6.18. The van der Waals surface area contributed by atoms with Gasteiger partial charge in [0.05, 0.1) is 18.5 Å². The van der Waals surface area contributed by atoms with Gasteiger partial charge in [-0.15, -0.1) is 0 Å². The van der Waals surface area contributed by atoms with E-state index in [1.54, 1.807) is 31.5 Å². The van der Waals surface area contributed by atoms with Crippen LogP contribution in [0.25, 0.3) is 0 Å². The van der Waals surface area contributed by atoms with Gasteiger partial charge in [-0.25, -0.2) is 28.0 Å². The van der Waals surface area contributed by atoms with Crippen LogP contribution < -0.4 is 0 Å². The van der Waals surface area contributed by atoms with Gasteiger partial charge >= 0.3 is 0 Å². The van der Waals surface area contributed by atoms with E-state index in [0.29, 0.717) is 32.5 Å². The summed E-state index contributed by atoms with van der Waals surface area (Å²) in [5.74, 6) is -2.11. The number of hydrazone groups is 1. The van der Waals surface area contributed by atoms with Gasteiger partial charge in [0.1, 0.15) is 24.3 Å². The first-order chi connectivity index (χ1) is 18.1. The number of alkyl halides is 2. The fourth-order valence-electron chi connectivity index (χ4n) is 5.13. The van der Waals surface area contributed by atoms with Gasteiger partial charge in [-0.05, 0) is 87.3 Å². The van der Waals surface area contributed by atoms with Crippen molar-refractivity contribution < 1.29 is 27.7 Å². The summed E-state index contributed by atoms with van der Waals surface area (Å²) >= 11 is 0. The van der Waals surface area contributed by atoms with Crippen molar-refractivity contribution in [2.45, 2.75) is 78.2 Å². The number of halogens is 3. The molecule has 2 aliphatic carbocycles. The molecule has 8 heteroatoms. The molecule has 0 bridgehead atoms. The zero-order valence-corrected chi connectivity index (χ0v) is 22.7. The van der Waals surface area contributed by atoms with E-state index >= 15 is 4.39 Å². The molecule has 2 aliphatic heterocycles. The Balaban J connectivity index is 1.69. The first-order valence-corrected chi connectivity index (χ1v) is 13.3. The highest BCUT2D eigenvalue weighted by Gasteiger charge is 2.35. The zero-order chi connectivity index (χ0) is 27.4. The summed E-state index contributed by atoms with van der Waals surface area (Å²) in [4.78, 5) is 10.2. The highest BCUT2D eigenvalue weighted by Crippen LogP contribution is 2.40. The summed E-state index contributed by atoms with van der Waals surface area (Å²) in [7, 11) is 0. The van der Waals surface area contributed by atoms with Crippen molar-refractivity contribution in [3.05, 3.63) is 81.7 Å². The lowest BCUT2D eigenvalue weighted by molar-refractivity contribution is -0.311. The average Bonchev–Trinajstić information content (AvgIpc) is 2.87. The molecule has 1 atom stereocenters. The first kappa shape index (κ1) is 28.2. The lowest BCUT2D eigenvalue weighted by Crippen LogP contribution is -2.25. The highest BCUT2D eigenvalue weighted by molar-refractivity contribution is 5.88. The molecule has 0 spiro atoms. The second-order valence-corrected chi connectivity index (χ2v) is 10.4. The van der Waals surface area contributed by atoms with Crippen LogP contribution in [0.15, 0.2) is 86.8 Å². The Morgan fingerprint density at radius 3 is 2.63 bits per heavy atom. The SMILES string of the molecule is C=C1/C=C(C2=C(C)OCC(C)=C2C)\C=N/N(C2=C(F)CC(OOCC)C=C2)/C=C\1CC1CCC(F)(F)CC1. The van der Waals surface area contributed by atoms with Gasteiger partial charge in [-0.1, -0.05) is 12.7 Å². The second-order valence-electron chi connectivity index (χ2n) is 10.4. The molecule has 0 aromatic heterocycles. The first-order valence-electron chi connectivity index (χ1n) is 13.3. The van der Waals surface area contributed by atoms with E-state index in [1.807, 2.05) is 26.8 Å². The molecule has 0 N–H and O–H groups in total. The van der Waals surface area contributed by atoms with Gasteiger partial charge in [0, 0.05) is 36.6 Å². The molecule has 4 aliphatic rings. The maximum atomic E-state index is 15.3. The van der Waals surface area contributed by atoms with Crippen molar-refractivity contribution >= 4 is 6.21 Å². The van der Waals surface area contributed by atoms with E-state index in [9.17, 15) is 8.78 Å². The summed E-state index contributed by atoms with van der Waals surface area (Å²) in [6, 6.07) is 0. The highest BCUT2D eigenvalue weighted by atomic mass is 19.3. The third-order valence-corrected chi connectivity index (χ3v) is 7.53. The van der Waals surface area contributed by atoms with Crippen molar-refractivity contribution in [2.75, 3.05) is 13.2 Å². The Bertz CT molecular complexity index is 1160. The molecular weight excluding hydrogens is 493 g/mol. The summed E-state index contributed by atoms with van der Waals surface area (Å²) in [6.45, 7) is 13.0.